The fourth-order valence-corrected chi connectivity index (χ4v) is 4.96. The molecule has 0 unspecified atom stereocenters. The Morgan fingerprint density at radius 3 is 2.52 bits per heavy atom. The van der Waals surface area contributed by atoms with Gasteiger partial charge in [0.2, 0.25) is 0 Å². The lowest BCUT2D eigenvalue weighted by atomic mass is 10.2. The first kappa shape index (κ1) is 22.1. The molecule has 0 aliphatic carbocycles. The summed E-state index contributed by atoms with van der Waals surface area (Å²) in [7, 11) is 0. The van der Waals surface area contributed by atoms with Crippen LogP contribution in [0.15, 0.2) is 36.4 Å². The third kappa shape index (κ3) is 4.44. The van der Waals surface area contributed by atoms with Crippen LogP contribution in [-0.4, -0.2) is 27.2 Å². The lowest BCUT2D eigenvalue weighted by Gasteiger charge is -2.21. The van der Waals surface area contributed by atoms with Gasteiger partial charge in [-0.2, -0.15) is 5.10 Å². The number of amides is 1. The summed E-state index contributed by atoms with van der Waals surface area (Å²) < 4.78 is 2.84. The molecule has 0 saturated carbocycles. The average Bonchev–Trinajstić information content (AvgIpc) is 3.29. The van der Waals surface area contributed by atoms with E-state index in [1.54, 1.807) is 23.1 Å². The molecule has 5 nitrogen and oxygen atoms in total. The molecular weight excluding hydrogens is 475 g/mol. The summed E-state index contributed by atoms with van der Waals surface area (Å²) in [5.41, 5.74) is 3.95. The number of carbonyl (C=O) groups excluding carboxylic acids is 1. The van der Waals surface area contributed by atoms with Gasteiger partial charge in [0.25, 0.3) is 5.91 Å². The van der Waals surface area contributed by atoms with Crippen LogP contribution in [0, 0.1) is 20.8 Å². The van der Waals surface area contributed by atoms with Gasteiger partial charge in [-0.25, -0.2) is 4.98 Å². The molecule has 2 aromatic heterocycles. The molecular formula is C22H19Cl3N4OS. The number of nitrogens with zero attached hydrogens (tertiary/aromatic N) is 4. The van der Waals surface area contributed by atoms with Crippen molar-refractivity contribution in [2.75, 3.05) is 11.4 Å². The van der Waals surface area contributed by atoms with E-state index >= 15 is 0 Å². The van der Waals surface area contributed by atoms with Gasteiger partial charge in [0.05, 0.1) is 33.0 Å². The minimum atomic E-state index is -0.267. The SMILES string of the molecule is Cc1cc(C)n(CCN(C(=O)c2cc(Cl)ccc2Cl)c2nc3c(C)c(Cl)ccc3s2)n1. The molecule has 0 aliphatic rings. The van der Waals surface area contributed by atoms with E-state index < -0.39 is 0 Å². The molecule has 160 valence electrons. The molecule has 0 radical (unpaired) electrons. The van der Waals surface area contributed by atoms with Crippen LogP contribution < -0.4 is 4.90 Å². The number of rotatable bonds is 5. The van der Waals surface area contributed by atoms with Crippen LogP contribution in [0.25, 0.3) is 10.2 Å². The van der Waals surface area contributed by atoms with Gasteiger partial charge in [-0.1, -0.05) is 46.1 Å². The maximum absolute atomic E-state index is 13.6. The monoisotopic (exact) mass is 492 g/mol. The number of hydrogen-bond donors (Lipinski definition) is 0. The van der Waals surface area contributed by atoms with Crippen molar-refractivity contribution in [3.05, 3.63) is 74.0 Å². The number of anilines is 1. The number of thiazole rings is 1. The van der Waals surface area contributed by atoms with Gasteiger partial charge in [-0.3, -0.25) is 14.4 Å². The van der Waals surface area contributed by atoms with E-state index in [0.717, 1.165) is 27.2 Å². The van der Waals surface area contributed by atoms with Crippen molar-refractivity contribution < 1.29 is 4.79 Å². The molecule has 0 bridgehead atoms. The Bertz CT molecular complexity index is 1300. The Hall–Kier alpha value is -2.12. The Morgan fingerprint density at radius 2 is 1.81 bits per heavy atom. The molecule has 0 atom stereocenters. The topological polar surface area (TPSA) is 51.0 Å². The van der Waals surface area contributed by atoms with Crippen molar-refractivity contribution >= 4 is 67.4 Å². The van der Waals surface area contributed by atoms with Gasteiger partial charge in [-0.05, 0) is 62.7 Å². The molecule has 9 heteroatoms. The van der Waals surface area contributed by atoms with Crippen LogP contribution in [-0.2, 0) is 6.54 Å². The minimum Gasteiger partial charge on any atom is -0.282 e. The molecule has 2 aromatic carbocycles. The fraction of sp³-hybridized carbons (Fsp3) is 0.227. The van der Waals surface area contributed by atoms with Crippen molar-refractivity contribution in [1.82, 2.24) is 14.8 Å². The number of halogens is 3. The molecule has 31 heavy (non-hydrogen) atoms. The summed E-state index contributed by atoms with van der Waals surface area (Å²) in [5, 5.41) is 6.50. The van der Waals surface area contributed by atoms with E-state index in [2.05, 4.69) is 5.10 Å². The molecule has 4 rings (SSSR count). The Morgan fingerprint density at radius 1 is 1.06 bits per heavy atom. The number of benzene rings is 2. The zero-order chi connectivity index (χ0) is 22.3. The van der Waals surface area contributed by atoms with Crippen LogP contribution in [0.1, 0.15) is 27.3 Å². The summed E-state index contributed by atoms with van der Waals surface area (Å²) >= 11 is 20.2. The standard InChI is InChI=1S/C22H19Cl3N4OS/c1-12-10-13(2)29(27-12)9-8-28(21(30)16-11-15(23)4-5-18(16)25)22-26-20-14(3)17(24)6-7-19(20)31-22/h4-7,10-11H,8-9H2,1-3H3. The van der Waals surface area contributed by atoms with E-state index in [0.29, 0.717) is 38.9 Å². The second kappa shape index (κ2) is 8.79. The van der Waals surface area contributed by atoms with Crippen LogP contribution in [0.2, 0.25) is 15.1 Å². The zero-order valence-corrected chi connectivity index (χ0v) is 20.2. The van der Waals surface area contributed by atoms with Crippen molar-refractivity contribution in [3.63, 3.8) is 0 Å². The lowest BCUT2D eigenvalue weighted by molar-refractivity contribution is 0.0986. The summed E-state index contributed by atoms with van der Waals surface area (Å²) in [6, 6.07) is 10.6. The second-order valence-electron chi connectivity index (χ2n) is 7.25. The molecule has 2 heterocycles. The van der Waals surface area contributed by atoms with Gasteiger partial charge < -0.3 is 0 Å². The van der Waals surface area contributed by atoms with E-state index in [1.807, 2.05) is 43.7 Å². The summed E-state index contributed by atoms with van der Waals surface area (Å²) in [6.45, 7) is 6.74. The third-order valence-electron chi connectivity index (χ3n) is 5.01. The van der Waals surface area contributed by atoms with Gasteiger partial charge in [0.1, 0.15) is 0 Å². The lowest BCUT2D eigenvalue weighted by Crippen LogP contribution is -2.34. The fourth-order valence-electron chi connectivity index (χ4n) is 3.39. The Labute approximate surface area is 199 Å². The maximum atomic E-state index is 13.6. The number of fused-ring (bicyclic) bond motifs is 1. The highest BCUT2D eigenvalue weighted by Crippen LogP contribution is 2.35. The summed E-state index contributed by atoms with van der Waals surface area (Å²) in [6.07, 6.45) is 0. The van der Waals surface area contributed by atoms with Crippen LogP contribution in [0.3, 0.4) is 0 Å². The highest BCUT2D eigenvalue weighted by atomic mass is 35.5. The first-order valence-electron chi connectivity index (χ1n) is 9.58. The Balaban J connectivity index is 1.76. The first-order valence-corrected chi connectivity index (χ1v) is 11.5. The molecule has 0 spiro atoms. The summed E-state index contributed by atoms with van der Waals surface area (Å²) in [5.74, 6) is -0.267. The van der Waals surface area contributed by atoms with Crippen LogP contribution >= 0.6 is 46.1 Å². The van der Waals surface area contributed by atoms with Gasteiger partial charge in [0, 0.05) is 22.3 Å². The van der Waals surface area contributed by atoms with E-state index in [1.165, 1.54) is 11.3 Å². The van der Waals surface area contributed by atoms with Crippen molar-refractivity contribution in [2.24, 2.45) is 0 Å². The number of aryl methyl sites for hydroxylation is 3. The van der Waals surface area contributed by atoms with Crippen molar-refractivity contribution in [1.29, 1.82) is 0 Å². The maximum Gasteiger partial charge on any atom is 0.261 e. The number of carbonyl (C=O) groups is 1. The first-order chi connectivity index (χ1) is 14.7. The predicted octanol–water partition coefficient (Wildman–Crippen LogP) is 6.73. The van der Waals surface area contributed by atoms with Gasteiger partial charge in [0.15, 0.2) is 5.13 Å². The van der Waals surface area contributed by atoms with Crippen LogP contribution in [0.5, 0.6) is 0 Å². The largest absolute Gasteiger partial charge is 0.282 e. The molecule has 4 aromatic rings. The molecule has 1 amide bonds. The predicted molar refractivity (Wildman–Crippen MR) is 129 cm³/mol. The van der Waals surface area contributed by atoms with Gasteiger partial charge in [-0.15, -0.1) is 0 Å². The van der Waals surface area contributed by atoms with Gasteiger partial charge >= 0.3 is 0 Å². The molecule has 0 fully saturated rings. The minimum absolute atomic E-state index is 0.267. The van der Waals surface area contributed by atoms with E-state index in [9.17, 15) is 4.79 Å². The summed E-state index contributed by atoms with van der Waals surface area (Å²) in [4.78, 5) is 19.9. The Kier molecular flexibility index (Phi) is 6.26. The average molecular weight is 494 g/mol. The number of hydrogen-bond acceptors (Lipinski definition) is 4. The number of aromatic nitrogens is 3. The van der Waals surface area contributed by atoms with E-state index in [-0.39, 0.29) is 5.91 Å². The molecule has 0 saturated heterocycles. The zero-order valence-electron chi connectivity index (χ0n) is 17.1. The normalized spacial score (nSPS) is 11.3. The van der Waals surface area contributed by atoms with Crippen molar-refractivity contribution in [3.8, 4) is 0 Å². The smallest absolute Gasteiger partial charge is 0.261 e. The highest BCUT2D eigenvalue weighted by Gasteiger charge is 2.24. The second-order valence-corrected chi connectivity index (χ2v) is 9.51. The van der Waals surface area contributed by atoms with E-state index in [4.69, 9.17) is 39.8 Å². The third-order valence-corrected chi connectivity index (χ3v) is 7.03. The quantitative estimate of drug-likeness (QED) is 0.310. The van der Waals surface area contributed by atoms with Crippen molar-refractivity contribution in [2.45, 2.75) is 27.3 Å². The highest BCUT2D eigenvalue weighted by molar-refractivity contribution is 7.22. The molecule has 0 aliphatic heterocycles. The van der Waals surface area contributed by atoms with Crippen LogP contribution in [0.4, 0.5) is 5.13 Å². The molecule has 0 N–H and O–H groups in total.